The van der Waals surface area contributed by atoms with Gasteiger partial charge in [-0.3, -0.25) is 4.79 Å². The zero-order valence-corrected chi connectivity index (χ0v) is 14.1. The predicted octanol–water partition coefficient (Wildman–Crippen LogP) is 2.41. The van der Waals surface area contributed by atoms with Crippen LogP contribution >= 0.6 is 0 Å². The van der Waals surface area contributed by atoms with Gasteiger partial charge in [0.25, 0.3) is 5.91 Å². The lowest BCUT2D eigenvalue weighted by Gasteiger charge is -2.25. The Hall–Kier alpha value is -2.60. The van der Waals surface area contributed by atoms with Crippen molar-refractivity contribution < 1.29 is 23.8 Å². The summed E-state index contributed by atoms with van der Waals surface area (Å²) in [6.07, 6.45) is 1.11. The van der Waals surface area contributed by atoms with Crippen LogP contribution in [0.2, 0.25) is 0 Å². The van der Waals surface area contributed by atoms with Crippen LogP contribution in [0.4, 0.5) is 4.39 Å². The van der Waals surface area contributed by atoms with Gasteiger partial charge in [0, 0.05) is 0 Å². The Bertz CT molecular complexity index is 808. The third kappa shape index (κ3) is 3.17. The molecule has 0 aromatic heterocycles. The quantitative estimate of drug-likeness (QED) is 0.873. The van der Waals surface area contributed by atoms with Crippen molar-refractivity contribution in [1.82, 2.24) is 5.32 Å². The Kier molecular flexibility index (Phi) is 4.63. The van der Waals surface area contributed by atoms with Crippen LogP contribution in [0.1, 0.15) is 27.9 Å². The van der Waals surface area contributed by atoms with E-state index in [1.165, 1.54) is 25.3 Å². The van der Waals surface area contributed by atoms with Gasteiger partial charge in [0.1, 0.15) is 11.4 Å². The van der Waals surface area contributed by atoms with E-state index in [-0.39, 0.29) is 12.1 Å². The molecule has 1 atom stereocenters. The van der Waals surface area contributed by atoms with Gasteiger partial charge in [0.15, 0.2) is 11.5 Å². The van der Waals surface area contributed by atoms with Crippen LogP contribution in [0.3, 0.4) is 0 Å². The van der Waals surface area contributed by atoms with Crippen LogP contribution in [-0.2, 0) is 12.0 Å². The summed E-state index contributed by atoms with van der Waals surface area (Å²) >= 11 is 0. The highest BCUT2D eigenvalue weighted by Crippen LogP contribution is 2.42. The van der Waals surface area contributed by atoms with E-state index in [1.807, 2.05) is 6.07 Å². The number of halogens is 1. The van der Waals surface area contributed by atoms with Crippen molar-refractivity contribution in [3.05, 3.63) is 58.9 Å². The minimum Gasteiger partial charge on any atom is -0.493 e. The number of ether oxygens (including phenoxy) is 2. The van der Waals surface area contributed by atoms with E-state index in [9.17, 15) is 14.3 Å². The fraction of sp³-hybridized carbons (Fsp3) is 0.316. The highest BCUT2D eigenvalue weighted by Gasteiger charge is 2.38. The topological polar surface area (TPSA) is 67.8 Å². The molecule has 0 radical (unpaired) electrons. The molecular formula is C19H20FNO4. The van der Waals surface area contributed by atoms with E-state index >= 15 is 0 Å². The molecular weight excluding hydrogens is 325 g/mol. The maximum atomic E-state index is 13.7. The molecule has 3 rings (SSSR count). The summed E-state index contributed by atoms with van der Waals surface area (Å²) in [5.74, 6) is -0.0337. The van der Waals surface area contributed by atoms with Gasteiger partial charge in [0.2, 0.25) is 0 Å². The van der Waals surface area contributed by atoms with Crippen molar-refractivity contribution in [3.63, 3.8) is 0 Å². The average Bonchev–Trinajstić information content (AvgIpc) is 2.95. The van der Waals surface area contributed by atoms with Crippen LogP contribution in [0.25, 0.3) is 0 Å². The fourth-order valence-electron chi connectivity index (χ4n) is 3.19. The maximum absolute atomic E-state index is 13.7. The zero-order valence-electron chi connectivity index (χ0n) is 14.1. The molecule has 1 aliphatic carbocycles. The summed E-state index contributed by atoms with van der Waals surface area (Å²) < 4.78 is 24.3. The molecule has 0 saturated carbocycles. The maximum Gasteiger partial charge on any atom is 0.254 e. The van der Waals surface area contributed by atoms with E-state index in [2.05, 4.69) is 5.32 Å². The van der Waals surface area contributed by atoms with Crippen molar-refractivity contribution >= 4 is 5.91 Å². The molecule has 2 aromatic carbocycles. The molecule has 132 valence electrons. The third-order valence-corrected chi connectivity index (χ3v) is 4.58. The Morgan fingerprint density at radius 1 is 1.24 bits per heavy atom. The lowest BCUT2D eigenvalue weighted by atomic mass is 9.95. The first-order chi connectivity index (χ1) is 12.0. The van der Waals surface area contributed by atoms with Crippen LogP contribution in [0.5, 0.6) is 11.5 Å². The molecule has 0 spiro atoms. The lowest BCUT2D eigenvalue weighted by Crippen LogP contribution is -2.39. The highest BCUT2D eigenvalue weighted by molar-refractivity contribution is 5.94. The van der Waals surface area contributed by atoms with Crippen molar-refractivity contribution in [3.8, 4) is 11.5 Å². The van der Waals surface area contributed by atoms with Gasteiger partial charge in [-0.1, -0.05) is 12.1 Å². The number of methoxy groups -OCH3 is 2. The smallest absolute Gasteiger partial charge is 0.254 e. The number of rotatable bonds is 5. The SMILES string of the molecule is COc1cc2c(cc1OC)C(O)(CNC(=O)c1ccccc1F)CC2. The van der Waals surface area contributed by atoms with E-state index < -0.39 is 17.3 Å². The Labute approximate surface area is 145 Å². The molecule has 5 nitrogen and oxygen atoms in total. The first kappa shape index (κ1) is 17.2. The largest absolute Gasteiger partial charge is 0.493 e. The van der Waals surface area contributed by atoms with Crippen molar-refractivity contribution in [2.24, 2.45) is 0 Å². The molecule has 1 unspecified atom stereocenters. The van der Waals surface area contributed by atoms with Crippen LogP contribution in [0, 0.1) is 5.82 Å². The standard InChI is InChI=1S/C19H20FNO4/c1-24-16-9-12-7-8-19(23,14(12)10-17(16)25-2)11-21-18(22)13-5-3-4-6-15(13)20/h3-6,9-10,23H,7-8,11H2,1-2H3,(H,21,22). The number of aliphatic hydroxyl groups is 1. The molecule has 2 N–H and O–H groups in total. The number of nitrogens with one attached hydrogen (secondary N) is 1. The Balaban J connectivity index is 1.81. The minimum atomic E-state index is -1.23. The van der Waals surface area contributed by atoms with Gasteiger partial charge < -0.3 is 19.9 Å². The fourth-order valence-corrected chi connectivity index (χ4v) is 3.19. The molecule has 1 amide bonds. The average molecular weight is 345 g/mol. The van der Waals surface area contributed by atoms with Gasteiger partial charge >= 0.3 is 0 Å². The van der Waals surface area contributed by atoms with Gasteiger partial charge in [-0.25, -0.2) is 4.39 Å². The third-order valence-electron chi connectivity index (χ3n) is 4.58. The Morgan fingerprint density at radius 2 is 1.92 bits per heavy atom. The van der Waals surface area contributed by atoms with Crippen LogP contribution < -0.4 is 14.8 Å². The summed E-state index contributed by atoms with van der Waals surface area (Å²) in [7, 11) is 3.08. The highest BCUT2D eigenvalue weighted by atomic mass is 19.1. The first-order valence-corrected chi connectivity index (χ1v) is 7.99. The number of fused-ring (bicyclic) bond motifs is 1. The number of aryl methyl sites for hydroxylation is 1. The summed E-state index contributed by atoms with van der Waals surface area (Å²) in [6.45, 7) is -0.0113. The molecule has 2 aromatic rings. The van der Waals surface area contributed by atoms with Gasteiger partial charge in [0.05, 0.1) is 26.3 Å². The monoisotopic (exact) mass is 345 g/mol. The Morgan fingerprint density at radius 3 is 2.60 bits per heavy atom. The predicted molar refractivity (Wildman–Crippen MR) is 90.5 cm³/mol. The number of carbonyl (C=O) groups excluding carboxylic acids is 1. The second kappa shape index (κ2) is 6.72. The summed E-state index contributed by atoms with van der Waals surface area (Å²) in [4.78, 5) is 12.2. The normalized spacial score (nSPS) is 18.6. The molecule has 0 heterocycles. The number of benzene rings is 2. The van der Waals surface area contributed by atoms with E-state index in [1.54, 1.807) is 19.2 Å². The summed E-state index contributed by atoms with van der Waals surface area (Å²) in [5.41, 5.74) is 0.367. The van der Waals surface area contributed by atoms with Gasteiger partial charge in [-0.05, 0) is 48.2 Å². The molecule has 25 heavy (non-hydrogen) atoms. The first-order valence-electron chi connectivity index (χ1n) is 7.99. The second-order valence-corrected chi connectivity index (χ2v) is 6.06. The van der Waals surface area contributed by atoms with Gasteiger partial charge in [-0.2, -0.15) is 0 Å². The lowest BCUT2D eigenvalue weighted by molar-refractivity contribution is 0.0367. The molecule has 6 heteroatoms. The number of carbonyl (C=O) groups is 1. The van der Waals surface area contributed by atoms with Gasteiger partial charge in [-0.15, -0.1) is 0 Å². The minimum absolute atomic E-state index is 0.0113. The van der Waals surface area contributed by atoms with E-state index in [4.69, 9.17) is 9.47 Å². The summed E-state index contributed by atoms with van der Waals surface area (Å²) in [6, 6.07) is 9.32. The molecule has 0 bridgehead atoms. The molecule has 0 saturated heterocycles. The van der Waals surface area contributed by atoms with Crippen molar-refractivity contribution in [2.75, 3.05) is 20.8 Å². The number of amides is 1. The van der Waals surface area contributed by atoms with E-state index in [0.717, 1.165) is 5.56 Å². The van der Waals surface area contributed by atoms with Crippen LogP contribution in [0.15, 0.2) is 36.4 Å². The number of hydrogen-bond acceptors (Lipinski definition) is 4. The van der Waals surface area contributed by atoms with Crippen LogP contribution in [-0.4, -0.2) is 31.8 Å². The van der Waals surface area contributed by atoms with Crippen molar-refractivity contribution in [2.45, 2.75) is 18.4 Å². The van der Waals surface area contributed by atoms with E-state index in [0.29, 0.717) is 29.9 Å². The van der Waals surface area contributed by atoms with Crippen molar-refractivity contribution in [1.29, 1.82) is 0 Å². The molecule has 0 aliphatic heterocycles. The zero-order chi connectivity index (χ0) is 18.0. The number of hydrogen-bond donors (Lipinski definition) is 2. The molecule has 0 fully saturated rings. The summed E-state index contributed by atoms with van der Waals surface area (Å²) in [5, 5.41) is 13.6. The second-order valence-electron chi connectivity index (χ2n) is 6.06. The molecule has 1 aliphatic rings.